The van der Waals surface area contributed by atoms with E-state index in [2.05, 4.69) is 61.2 Å². The van der Waals surface area contributed by atoms with Crippen LogP contribution in [0.1, 0.15) is 51.3 Å². The van der Waals surface area contributed by atoms with Crippen LogP contribution in [0.25, 0.3) is 0 Å². The molecule has 20 heavy (non-hydrogen) atoms. The standard InChI is InChI=1S/C17H28BrNS/c1-17(2,3)13-7-5-12(6-8-13)15(19-4)11-14-9-10-16(18)20-14/h9-10,12-13,15,19H,5-8,11H2,1-4H3. The van der Waals surface area contributed by atoms with Gasteiger partial charge in [0.1, 0.15) is 0 Å². The number of thiophene rings is 1. The summed E-state index contributed by atoms with van der Waals surface area (Å²) in [6.07, 6.45) is 6.76. The Bertz CT molecular complexity index is 413. The van der Waals surface area contributed by atoms with Crippen LogP contribution >= 0.6 is 27.3 Å². The zero-order chi connectivity index (χ0) is 14.8. The summed E-state index contributed by atoms with van der Waals surface area (Å²) in [5, 5.41) is 3.57. The van der Waals surface area contributed by atoms with Crippen molar-refractivity contribution in [2.45, 2.75) is 58.9 Å². The molecule has 0 aromatic carbocycles. The molecule has 1 heterocycles. The molecule has 1 aromatic rings. The normalized spacial score (nSPS) is 25.6. The van der Waals surface area contributed by atoms with Crippen molar-refractivity contribution < 1.29 is 0 Å². The molecule has 0 amide bonds. The molecule has 1 unspecified atom stereocenters. The minimum atomic E-state index is 0.485. The van der Waals surface area contributed by atoms with Crippen molar-refractivity contribution in [3.63, 3.8) is 0 Å². The fraction of sp³-hybridized carbons (Fsp3) is 0.765. The van der Waals surface area contributed by atoms with Gasteiger partial charge in [0.05, 0.1) is 3.79 Å². The molecule has 0 saturated heterocycles. The average molecular weight is 358 g/mol. The quantitative estimate of drug-likeness (QED) is 0.750. The lowest BCUT2D eigenvalue weighted by atomic mass is 9.68. The molecule has 1 aliphatic rings. The van der Waals surface area contributed by atoms with E-state index >= 15 is 0 Å². The number of hydrogen-bond donors (Lipinski definition) is 1. The maximum absolute atomic E-state index is 3.57. The fourth-order valence-corrected chi connectivity index (χ4v) is 5.11. The van der Waals surface area contributed by atoms with Gasteiger partial charge in [0.15, 0.2) is 0 Å². The molecule has 3 heteroatoms. The van der Waals surface area contributed by atoms with E-state index in [0.717, 1.165) is 11.8 Å². The molecular weight excluding hydrogens is 330 g/mol. The Morgan fingerprint density at radius 2 is 1.90 bits per heavy atom. The van der Waals surface area contributed by atoms with E-state index in [0.29, 0.717) is 11.5 Å². The third kappa shape index (κ3) is 4.32. The smallest absolute Gasteiger partial charge is 0.0701 e. The number of halogens is 1. The first-order valence-corrected chi connectivity index (χ1v) is 9.42. The predicted octanol–water partition coefficient (Wildman–Crippen LogP) is 5.49. The van der Waals surface area contributed by atoms with E-state index < -0.39 is 0 Å². The molecule has 0 radical (unpaired) electrons. The van der Waals surface area contributed by atoms with E-state index in [-0.39, 0.29) is 0 Å². The van der Waals surface area contributed by atoms with E-state index in [1.54, 1.807) is 0 Å². The van der Waals surface area contributed by atoms with Crippen molar-refractivity contribution in [1.29, 1.82) is 0 Å². The van der Waals surface area contributed by atoms with Gasteiger partial charge in [-0.2, -0.15) is 0 Å². The van der Waals surface area contributed by atoms with Crippen LogP contribution in [0.5, 0.6) is 0 Å². The van der Waals surface area contributed by atoms with Crippen LogP contribution in [-0.4, -0.2) is 13.1 Å². The second-order valence-corrected chi connectivity index (χ2v) is 9.83. The molecule has 114 valence electrons. The van der Waals surface area contributed by atoms with Gasteiger partial charge in [0.25, 0.3) is 0 Å². The zero-order valence-electron chi connectivity index (χ0n) is 13.2. The van der Waals surface area contributed by atoms with Crippen LogP contribution in [0.4, 0.5) is 0 Å². The Morgan fingerprint density at radius 1 is 1.25 bits per heavy atom. The Labute approximate surface area is 136 Å². The second kappa shape index (κ2) is 6.93. The summed E-state index contributed by atoms with van der Waals surface area (Å²) >= 11 is 5.44. The number of rotatable bonds is 4. The van der Waals surface area contributed by atoms with Crippen molar-refractivity contribution >= 4 is 27.3 Å². The first kappa shape index (κ1) is 16.5. The highest BCUT2D eigenvalue weighted by atomic mass is 79.9. The van der Waals surface area contributed by atoms with Crippen LogP contribution in [0.3, 0.4) is 0 Å². The van der Waals surface area contributed by atoms with Gasteiger partial charge in [-0.1, -0.05) is 20.8 Å². The molecule has 1 fully saturated rings. The highest BCUT2D eigenvalue weighted by Crippen LogP contribution is 2.41. The van der Waals surface area contributed by atoms with E-state index in [1.807, 2.05) is 11.3 Å². The monoisotopic (exact) mass is 357 g/mol. The summed E-state index contributed by atoms with van der Waals surface area (Å²) in [5.41, 5.74) is 0.485. The van der Waals surface area contributed by atoms with E-state index in [9.17, 15) is 0 Å². The number of nitrogens with one attached hydrogen (secondary N) is 1. The summed E-state index contributed by atoms with van der Waals surface area (Å²) in [6.45, 7) is 7.20. The van der Waals surface area contributed by atoms with Crippen molar-refractivity contribution in [3.8, 4) is 0 Å². The molecule has 0 aliphatic heterocycles. The summed E-state index contributed by atoms with van der Waals surface area (Å²) in [6, 6.07) is 5.07. The van der Waals surface area contributed by atoms with Crippen LogP contribution in [0, 0.1) is 17.3 Å². The van der Waals surface area contributed by atoms with Gasteiger partial charge in [-0.3, -0.25) is 0 Å². The van der Waals surface area contributed by atoms with Crippen molar-refractivity contribution in [3.05, 3.63) is 20.8 Å². The average Bonchev–Trinajstić information content (AvgIpc) is 2.81. The van der Waals surface area contributed by atoms with Crippen molar-refractivity contribution in [2.75, 3.05) is 7.05 Å². The molecule has 1 nitrogen and oxygen atoms in total. The fourth-order valence-electron chi connectivity index (χ4n) is 3.57. The molecule has 1 aliphatic carbocycles. The summed E-state index contributed by atoms with van der Waals surface area (Å²) in [7, 11) is 2.13. The topological polar surface area (TPSA) is 12.0 Å². The number of hydrogen-bond acceptors (Lipinski definition) is 2. The largest absolute Gasteiger partial charge is 0.316 e. The zero-order valence-corrected chi connectivity index (χ0v) is 15.6. The van der Waals surface area contributed by atoms with Gasteiger partial charge < -0.3 is 5.32 Å². The third-order valence-electron chi connectivity index (χ3n) is 4.99. The van der Waals surface area contributed by atoms with Crippen LogP contribution < -0.4 is 5.32 Å². The Kier molecular flexibility index (Phi) is 5.72. The lowest BCUT2D eigenvalue weighted by Crippen LogP contribution is -2.38. The van der Waals surface area contributed by atoms with Gasteiger partial charge in [0.2, 0.25) is 0 Å². The Balaban J connectivity index is 1.90. The minimum Gasteiger partial charge on any atom is -0.316 e. The molecule has 1 N–H and O–H groups in total. The SMILES string of the molecule is CNC(Cc1ccc(Br)s1)C1CCC(C(C)(C)C)CC1. The highest BCUT2D eigenvalue weighted by Gasteiger charge is 2.32. The maximum Gasteiger partial charge on any atom is 0.0701 e. The Hall–Kier alpha value is 0.140. The lowest BCUT2D eigenvalue weighted by Gasteiger charge is -2.39. The molecular formula is C17H28BrNS. The highest BCUT2D eigenvalue weighted by molar-refractivity contribution is 9.11. The van der Waals surface area contributed by atoms with Gasteiger partial charge >= 0.3 is 0 Å². The minimum absolute atomic E-state index is 0.485. The first-order valence-electron chi connectivity index (χ1n) is 7.81. The predicted molar refractivity (Wildman–Crippen MR) is 93.5 cm³/mol. The van der Waals surface area contributed by atoms with Crippen molar-refractivity contribution in [2.24, 2.45) is 17.3 Å². The number of likely N-dealkylation sites (N-methyl/N-ethyl adjacent to an activating group) is 1. The Morgan fingerprint density at radius 3 is 2.35 bits per heavy atom. The van der Waals surface area contributed by atoms with E-state index in [4.69, 9.17) is 0 Å². The molecule has 1 atom stereocenters. The van der Waals surface area contributed by atoms with Crippen molar-refractivity contribution in [1.82, 2.24) is 5.32 Å². The third-order valence-corrected chi connectivity index (χ3v) is 6.63. The summed E-state index contributed by atoms with van der Waals surface area (Å²) in [4.78, 5) is 1.49. The summed E-state index contributed by atoms with van der Waals surface area (Å²) in [5.74, 6) is 1.76. The molecule has 0 spiro atoms. The van der Waals surface area contributed by atoms with Gasteiger partial charge in [0, 0.05) is 10.9 Å². The summed E-state index contributed by atoms with van der Waals surface area (Å²) < 4.78 is 1.25. The van der Waals surface area contributed by atoms with E-state index in [1.165, 1.54) is 40.8 Å². The molecule has 1 saturated carbocycles. The second-order valence-electron chi connectivity index (χ2n) is 7.28. The molecule has 2 rings (SSSR count). The van der Waals surface area contributed by atoms with Gasteiger partial charge in [-0.25, -0.2) is 0 Å². The van der Waals surface area contributed by atoms with Crippen LogP contribution in [0.15, 0.2) is 15.9 Å². The lowest BCUT2D eigenvalue weighted by molar-refractivity contribution is 0.134. The van der Waals surface area contributed by atoms with Gasteiger partial charge in [-0.05, 0) is 84.5 Å². The van der Waals surface area contributed by atoms with Gasteiger partial charge in [-0.15, -0.1) is 11.3 Å². The maximum atomic E-state index is 3.57. The van der Waals surface area contributed by atoms with Crippen LogP contribution in [0.2, 0.25) is 0 Å². The first-order chi connectivity index (χ1) is 9.40. The molecule has 0 bridgehead atoms. The molecule has 1 aromatic heterocycles. The van der Waals surface area contributed by atoms with Crippen LogP contribution in [-0.2, 0) is 6.42 Å².